The van der Waals surface area contributed by atoms with Crippen molar-refractivity contribution >= 4 is 46.4 Å². The lowest BCUT2D eigenvalue weighted by molar-refractivity contribution is -0.270. The maximum atomic E-state index is 11.4. The number of azo groups is 1. The van der Waals surface area contributed by atoms with Crippen LogP contribution in [0.3, 0.4) is 0 Å². The van der Waals surface area contributed by atoms with Crippen LogP contribution >= 0.6 is 23.2 Å². The largest absolute Gasteiger partial charge is 0.462 e. The molecule has 0 spiro atoms. The van der Waals surface area contributed by atoms with Gasteiger partial charge < -0.3 is 60.2 Å². The molecule has 2 aliphatic heterocycles. The molecule has 2 aliphatic rings. The highest BCUT2D eigenvalue weighted by Gasteiger charge is 2.46. The highest BCUT2D eigenvalue weighted by molar-refractivity contribution is 6.27. The van der Waals surface area contributed by atoms with Crippen molar-refractivity contribution in [2.24, 2.45) is 10.2 Å². The lowest BCUT2D eigenvalue weighted by Crippen LogP contribution is -2.61. The molecule has 4 rings (SSSR count). The molecule has 0 aliphatic carbocycles. The van der Waals surface area contributed by atoms with Gasteiger partial charge in [0.15, 0.2) is 0 Å². The first-order valence-corrected chi connectivity index (χ1v) is 15.1. The molecule has 10 atom stereocenters. The van der Waals surface area contributed by atoms with Gasteiger partial charge in [0.2, 0.25) is 24.4 Å². The molecular formula is C28H34Cl2N4O12. The van der Waals surface area contributed by atoms with Crippen molar-refractivity contribution in [3.05, 3.63) is 48.5 Å². The van der Waals surface area contributed by atoms with Crippen molar-refractivity contribution in [2.75, 3.05) is 24.8 Å². The number of alkyl halides is 2. The SMILES string of the molecule is O=C(CCl)NC[C@H]1O[C@@H](Oc2ccc(N=Nc3ccc(O[C@@H]4O[C@H](CNC(=O)CCl)[C@@H](O)[C@H](O)[C@H]4O)cc3)cc2)[C@H](O)[C@@H](O)[C@@H]1O. The Balaban J connectivity index is 1.31. The fraction of sp³-hybridized carbons (Fsp3) is 0.500. The van der Waals surface area contributed by atoms with Gasteiger partial charge in [-0.3, -0.25) is 9.59 Å². The second-order valence-corrected chi connectivity index (χ2v) is 10.9. The zero-order valence-electron chi connectivity index (χ0n) is 24.0. The molecule has 2 amide bonds. The van der Waals surface area contributed by atoms with Crippen LogP contribution in [0, 0.1) is 0 Å². The minimum absolute atomic E-state index is 0.164. The molecule has 2 aromatic carbocycles. The molecule has 0 aromatic heterocycles. The number of nitrogens with one attached hydrogen (secondary N) is 2. The van der Waals surface area contributed by atoms with E-state index < -0.39 is 73.2 Å². The Kier molecular flexibility index (Phi) is 12.9. The number of carbonyl (C=O) groups is 2. The highest BCUT2D eigenvalue weighted by Crippen LogP contribution is 2.28. The molecule has 252 valence electrons. The van der Waals surface area contributed by atoms with Crippen LogP contribution in [0.4, 0.5) is 11.4 Å². The second kappa shape index (κ2) is 16.6. The van der Waals surface area contributed by atoms with Crippen molar-refractivity contribution in [3.8, 4) is 11.5 Å². The Morgan fingerprint density at radius 1 is 0.609 bits per heavy atom. The third-order valence-corrected chi connectivity index (χ3v) is 7.52. The van der Waals surface area contributed by atoms with E-state index in [0.717, 1.165) is 0 Å². The van der Waals surface area contributed by atoms with Gasteiger partial charge in [-0.2, -0.15) is 10.2 Å². The summed E-state index contributed by atoms with van der Waals surface area (Å²) in [6, 6.07) is 12.4. The fourth-order valence-corrected chi connectivity index (χ4v) is 4.64. The number of carbonyl (C=O) groups excluding carboxylic acids is 2. The maximum absolute atomic E-state index is 11.4. The molecule has 8 N–H and O–H groups in total. The van der Waals surface area contributed by atoms with E-state index in [4.69, 9.17) is 42.1 Å². The van der Waals surface area contributed by atoms with Gasteiger partial charge in [-0.25, -0.2) is 0 Å². The number of rotatable bonds is 12. The first-order chi connectivity index (χ1) is 22.0. The van der Waals surface area contributed by atoms with E-state index >= 15 is 0 Å². The first kappa shape index (κ1) is 35.7. The summed E-state index contributed by atoms with van der Waals surface area (Å²) < 4.78 is 22.4. The molecule has 0 bridgehead atoms. The average Bonchev–Trinajstić information content (AvgIpc) is 3.07. The lowest BCUT2D eigenvalue weighted by Gasteiger charge is -2.40. The van der Waals surface area contributed by atoms with Crippen LogP contribution in [0.1, 0.15) is 0 Å². The van der Waals surface area contributed by atoms with Crippen LogP contribution in [-0.4, -0.2) is 129 Å². The molecule has 0 unspecified atom stereocenters. The van der Waals surface area contributed by atoms with Crippen LogP contribution in [0.25, 0.3) is 0 Å². The quantitative estimate of drug-likeness (QED) is 0.101. The fourth-order valence-electron chi connectivity index (χ4n) is 4.45. The molecule has 16 nitrogen and oxygen atoms in total. The zero-order chi connectivity index (χ0) is 33.4. The van der Waals surface area contributed by atoms with Crippen LogP contribution in [0.15, 0.2) is 58.8 Å². The number of halogens is 2. The molecule has 2 heterocycles. The number of hydrogen-bond acceptors (Lipinski definition) is 14. The van der Waals surface area contributed by atoms with Crippen LogP contribution in [0.5, 0.6) is 11.5 Å². The molecule has 2 aromatic rings. The first-order valence-electron chi connectivity index (χ1n) is 14.0. The molecule has 2 fully saturated rings. The van der Waals surface area contributed by atoms with E-state index in [1.807, 2.05) is 0 Å². The molecule has 0 saturated carbocycles. The Hall–Kier alpha value is -3.16. The number of amides is 2. The van der Waals surface area contributed by atoms with Gasteiger partial charge in [-0.05, 0) is 48.5 Å². The number of nitrogens with zero attached hydrogens (tertiary/aromatic N) is 2. The normalized spacial score (nSPS) is 31.3. The Labute approximate surface area is 272 Å². The Bertz CT molecular complexity index is 1230. The summed E-state index contributed by atoms with van der Waals surface area (Å²) in [6.07, 6.45) is -14.1. The predicted molar refractivity (Wildman–Crippen MR) is 159 cm³/mol. The number of aliphatic hydroxyl groups excluding tert-OH is 6. The van der Waals surface area contributed by atoms with E-state index in [0.29, 0.717) is 11.4 Å². The van der Waals surface area contributed by atoms with E-state index in [1.54, 1.807) is 24.3 Å². The molecule has 18 heteroatoms. The van der Waals surface area contributed by atoms with Gasteiger partial charge in [0.05, 0.1) is 11.4 Å². The summed E-state index contributed by atoms with van der Waals surface area (Å²) in [4.78, 5) is 22.9. The standard InChI is InChI=1S/C28H34Cl2N4O12/c29-9-19(35)31-11-17-21(37)23(39)25(41)27(45-17)43-15-5-1-13(2-6-15)33-34-14-3-7-16(8-4-14)44-28-26(42)24(40)22(38)18(46-28)12-32-20(36)10-30/h1-8,17-18,21-28,37-42H,9-12H2,(H,31,35)(H,32,36)/t17-,18-,21-,22-,23+,24+,25-,26-,27-,28-/m1/s1. The van der Waals surface area contributed by atoms with Gasteiger partial charge in [0.1, 0.15) is 72.1 Å². The molecular weight excluding hydrogens is 655 g/mol. The minimum atomic E-state index is -1.59. The number of benzene rings is 2. The van der Waals surface area contributed by atoms with E-state index in [1.165, 1.54) is 24.3 Å². The summed E-state index contributed by atoms with van der Waals surface area (Å²) in [5.41, 5.74) is 0.877. The van der Waals surface area contributed by atoms with Crippen LogP contribution < -0.4 is 20.1 Å². The lowest BCUT2D eigenvalue weighted by atomic mass is 9.99. The van der Waals surface area contributed by atoms with E-state index in [2.05, 4.69) is 20.9 Å². The summed E-state index contributed by atoms with van der Waals surface area (Å²) in [6.45, 7) is -0.327. The van der Waals surface area contributed by atoms with Crippen LogP contribution in [-0.2, 0) is 19.1 Å². The summed E-state index contributed by atoms with van der Waals surface area (Å²) in [5.74, 6) is -1.08. The van der Waals surface area contributed by atoms with E-state index in [-0.39, 0.29) is 36.3 Å². The second-order valence-electron chi connectivity index (χ2n) is 10.3. The van der Waals surface area contributed by atoms with Gasteiger partial charge in [-0.15, -0.1) is 23.2 Å². The summed E-state index contributed by atoms with van der Waals surface area (Å²) in [7, 11) is 0. The Morgan fingerprint density at radius 2 is 0.957 bits per heavy atom. The summed E-state index contributed by atoms with van der Waals surface area (Å²) >= 11 is 10.9. The Morgan fingerprint density at radius 3 is 1.28 bits per heavy atom. The number of aliphatic hydroxyl groups is 6. The van der Waals surface area contributed by atoms with Crippen molar-refractivity contribution < 1.29 is 59.2 Å². The van der Waals surface area contributed by atoms with Crippen LogP contribution in [0.2, 0.25) is 0 Å². The van der Waals surface area contributed by atoms with Crippen molar-refractivity contribution in [2.45, 2.75) is 61.4 Å². The van der Waals surface area contributed by atoms with Crippen molar-refractivity contribution in [1.29, 1.82) is 0 Å². The third kappa shape index (κ3) is 9.22. The zero-order valence-corrected chi connectivity index (χ0v) is 25.5. The van der Waals surface area contributed by atoms with E-state index in [9.17, 15) is 40.2 Å². The molecule has 46 heavy (non-hydrogen) atoms. The van der Waals surface area contributed by atoms with Gasteiger partial charge >= 0.3 is 0 Å². The topological polar surface area (TPSA) is 241 Å². The van der Waals surface area contributed by atoms with Crippen molar-refractivity contribution in [3.63, 3.8) is 0 Å². The minimum Gasteiger partial charge on any atom is -0.462 e. The number of ether oxygens (including phenoxy) is 4. The molecule has 2 saturated heterocycles. The average molecular weight is 690 g/mol. The maximum Gasteiger partial charge on any atom is 0.235 e. The predicted octanol–water partition coefficient (Wildman–Crippen LogP) is -0.815. The van der Waals surface area contributed by atoms with Gasteiger partial charge in [0.25, 0.3) is 0 Å². The monoisotopic (exact) mass is 688 g/mol. The smallest absolute Gasteiger partial charge is 0.235 e. The van der Waals surface area contributed by atoms with Gasteiger partial charge in [0, 0.05) is 13.1 Å². The molecule has 0 radical (unpaired) electrons. The highest BCUT2D eigenvalue weighted by atomic mass is 35.5. The third-order valence-electron chi connectivity index (χ3n) is 7.04. The number of hydrogen-bond donors (Lipinski definition) is 8. The van der Waals surface area contributed by atoms with Crippen molar-refractivity contribution in [1.82, 2.24) is 10.6 Å². The van der Waals surface area contributed by atoms with Gasteiger partial charge in [-0.1, -0.05) is 0 Å². The summed E-state index contributed by atoms with van der Waals surface area (Å²) in [5, 5.41) is 74.6.